The molecule has 1 aromatic heterocycles. The fraction of sp³-hybridized carbons (Fsp3) is 0.160. The van der Waals surface area contributed by atoms with E-state index < -0.39 is 5.82 Å². The summed E-state index contributed by atoms with van der Waals surface area (Å²) in [6.07, 6.45) is 0. The highest BCUT2D eigenvalue weighted by Crippen LogP contribution is 2.25. The van der Waals surface area contributed by atoms with Crippen LogP contribution in [0.25, 0.3) is 5.69 Å². The molecule has 1 heterocycles. The van der Waals surface area contributed by atoms with Gasteiger partial charge in [-0.25, -0.2) is 4.39 Å². The molecule has 174 valence electrons. The summed E-state index contributed by atoms with van der Waals surface area (Å²) in [5.74, 6) is 1.23. The average molecular weight is 479 g/mol. The molecule has 9 heteroatoms. The molecule has 7 nitrogen and oxygen atoms in total. The Morgan fingerprint density at radius 2 is 1.65 bits per heavy atom. The quantitative estimate of drug-likeness (QED) is 0.319. The van der Waals surface area contributed by atoms with Gasteiger partial charge in [0.15, 0.2) is 11.0 Å². The molecule has 0 unspecified atom stereocenters. The zero-order valence-corrected chi connectivity index (χ0v) is 19.3. The number of carbonyl (C=O) groups is 1. The van der Waals surface area contributed by atoms with Crippen LogP contribution in [0, 0.1) is 5.82 Å². The second kappa shape index (κ2) is 11.3. The number of ether oxygens (including phenoxy) is 2. The molecule has 0 aliphatic rings. The average Bonchev–Trinajstić information content (AvgIpc) is 3.27. The van der Waals surface area contributed by atoms with Crippen molar-refractivity contribution in [2.24, 2.45) is 0 Å². The highest BCUT2D eigenvalue weighted by atomic mass is 32.2. The van der Waals surface area contributed by atoms with Crippen LogP contribution < -0.4 is 14.8 Å². The van der Waals surface area contributed by atoms with Crippen molar-refractivity contribution < 1.29 is 18.7 Å². The van der Waals surface area contributed by atoms with Gasteiger partial charge in [0, 0.05) is 5.69 Å². The number of nitrogens with zero attached hydrogens (tertiary/aromatic N) is 3. The molecule has 34 heavy (non-hydrogen) atoms. The first-order valence-corrected chi connectivity index (χ1v) is 11.6. The van der Waals surface area contributed by atoms with E-state index in [0.29, 0.717) is 23.3 Å². The third-order valence-electron chi connectivity index (χ3n) is 4.70. The zero-order chi connectivity index (χ0) is 23.8. The summed E-state index contributed by atoms with van der Waals surface area (Å²) in [4.78, 5) is 12.4. The van der Waals surface area contributed by atoms with Gasteiger partial charge < -0.3 is 14.8 Å². The first-order valence-electron chi connectivity index (χ1n) is 10.7. The van der Waals surface area contributed by atoms with Crippen molar-refractivity contribution in [1.29, 1.82) is 0 Å². The Labute approximate surface area is 200 Å². The molecular weight excluding hydrogens is 455 g/mol. The molecule has 1 N–H and O–H groups in total. The van der Waals surface area contributed by atoms with Crippen LogP contribution in [0.1, 0.15) is 12.7 Å². The van der Waals surface area contributed by atoms with Crippen LogP contribution in [0.4, 0.5) is 10.1 Å². The fourth-order valence-electron chi connectivity index (χ4n) is 3.15. The van der Waals surface area contributed by atoms with Crippen molar-refractivity contribution in [3.8, 4) is 17.2 Å². The largest absolute Gasteiger partial charge is 0.494 e. The van der Waals surface area contributed by atoms with E-state index in [1.807, 2.05) is 66.1 Å². The van der Waals surface area contributed by atoms with Gasteiger partial charge in [-0.15, -0.1) is 10.2 Å². The van der Waals surface area contributed by atoms with E-state index in [9.17, 15) is 9.18 Å². The van der Waals surface area contributed by atoms with Gasteiger partial charge in [0.2, 0.25) is 5.91 Å². The van der Waals surface area contributed by atoms with Crippen LogP contribution in [0.15, 0.2) is 84.0 Å². The van der Waals surface area contributed by atoms with Crippen LogP contribution in [0.3, 0.4) is 0 Å². The topological polar surface area (TPSA) is 78.3 Å². The predicted molar refractivity (Wildman–Crippen MR) is 129 cm³/mol. The minimum absolute atomic E-state index is 0.0308. The SMILES string of the molecule is CCOc1ccc(-n2c(COc3ccccc3)nnc2SCC(=O)Nc2ccccc2F)cc1. The van der Waals surface area contributed by atoms with Gasteiger partial charge in [-0.05, 0) is 55.5 Å². The molecule has 0 bridgehead atoms. The summed E-state index contributed by atoms with van der Waals surface area (Å²) in [6.45, 7) is 2.68. The smallest absolute Gasteiger partial charge is 0.234 e. The lowest BCUT2D eigenvalue weighted by Gasteiger charge is -2.12. The van der Waals surface area contributed by atoms with Crippen molar-refractivity contribution in [2.75, 3.05) is 17.7 Å². The molecule has 0 spiro atoms. The molecule has 0 saturated heterocycles. The van der Waals surface area contributed by atoms with E-state index in [1.165, 1.54) is 23.9 Å². The Morgan fingerprint density at radius 1 is 0.941 bits per heavy atom. The number of anilines is 1. The molecule has 4 aromatic rings. The summed E-state index contributed by atoms with van der Waals surface area (Å²) in [5, 5.41) is 11.7. The van der Waals surface area contributed by atoms with E-state index in [2.05, 4.69) is 15.5 Å². The lowest BCUT2D eigenvalue weighted by atomic mass is 10.3. The van der Waals surface area contributed by atoms with E-state index in [4.69, 9.17) is 9.47 Å². The number of amides is 1. The van der Waals surface area contributed by atoms with Crippen LogP contribution >= 0.6 is 11.8 Å². The van der Waals surface area contributed by atoms with Gasteiger partial charge in [0.05, 0.1) is 18.0 Å². The van der Waals surface area contributed by atoms with Gasteiger partial charge in [-0.2, -0.15) is 0 Å². The summed E-state index contributed by atoms with van der Waals surface area (Å²) < 4.78 is 27.1. The molecule has 0 aliphatic carbocycles. The maximum atomic E-state index is 13.8. The lowest BCUT2D eigenvalue weighted by Crippen LogP contribution is -2.15. The number of thioether (sulfide) groups is 1. The molecule has 0 saturated carbocycles. The Bertz CT molecular complexity index is 1230. The summed E-state index contributed by atoms with van der Waals surface area (Å²) in [5.41, 5.74) is 0.940. The summed E-state index contributed by atoms with van der Waals surface area (Å²) in [6, 6.07) is 23.0. The van der Waals surface area contributed by atoms with Gasteiger partial charge in [-0.1, -0.05) is 42.1 Å². The van der Waals surface area contributed by atoms with Crippen LogP contribution in [-0.2, 0) is 11.4 Å². The molecule has 0 radical (unpaired) electrons. The number of carbonyl (C=O) groups excluding carboxylic acids is 1. The normalized spacial score (nSPS) is 10.6. The van der Waals surface area contributed by atoms with Crippen molar-refractivity contribution in [3.63, 3.8) is 0 Å². The van der Waals surface area contributed by atoms with Gasteiger partial charge in [-0.3, -0.25) is 9.36 Å². The second-order valence-corrected chi connectivity index (χ2v) is 8.02. The highest BCUT2D eigenvalue weighted by Gasteiger charge is 2.17. The maximum absolute atomic E-state index is 13.8. The monoisotopic (exact) mass is 478 g/mol. The molecule has 4 rings (SSSR count). The van der Waals surface area contributed by atoms with E-state index in [-0.39, 0.29) is 24.0 Å². The predicted octanol–water partition coefficient (Wildman–Crippen LogP) is 5.11. The lowest BCUT2D eigenvalue weighted by molar-refractivity contribution is -0.113. The van der Waals surface area contributed by atoms with Crippen LogP contribution in [0.5, 0.6) is 11.5 Å². The van der Waals surface area contributed by atoms with Gasteiger partial charge >= 0.3 is 0 Å². The second-order valence-electron chi connectivity index (χ2n) is 7.08. The number of benzene rings is 3. The Kier molecular flexibility index (Phi) is 7.77. The third-order valence-corrected chi connectivity index (χ3v) is 5.63. The maximum Gasteiger partial charge on any atom is 0.234 e. The molecule has 1 amide bonds. The summed E-state index contributed by atoms with van der Waals surface area (Å²) in [7, 11) is 0. The highest BCUT2D eigenvalue weighted by molar-refractivity contribution is 7.99. The fourth-order valence-corrected chi connectivity index (χ4v) is 3.92. The van der Waals surface area contributed by atoms with Crippen molar-refractivity contribution in [3.05, 3.63) is 90.5 Å². The van der Waals surface area contributed by atoms with Crippen molar-refractivity contribution in [2.45, 2.75) is 18.7 Å². The standard InChI is InChI=1S/C25H23FN4O3S/c1-2-32-20-14-12-18(13-15-20)30-23(16-33-19-8-4-3-5-9-19)28-29-25(30)34-17-24(31)27-22-11-7-6-10-21(22)26/h3-15H,2,16-17H2,1H3,(H,27,31). The Morgan fingerprint density at radius 3 is 2.38 bits per heavy atom. The van der Waals surface area contributed by atoms with E-state index >= 15 is 0 Å². The number of hydrogen-bond donors (Lipinski definition) is 1. The van der Waals surface area contributed by atoms with Crippen LogP contribution in [-0.4, -0.2) is 33.0 Å². The molecule has 0 atom stereocenters. The number of aromatic nitrogens is 3. The molecular formula is C25H23FN4O3S. The van der Waals surface area contributed by atoms with Crippen LogP contribution in [0.2, 0.25) is 0 Å². The van der Waals surface area contributed by atoms with Gasteiger partial charge in [0.25, 0.3) is 0 Å². The molecule has 3 aromatic carbocycles. The number of rotatable bonds is 10. The number of nitrogens with one attached hydrogen (secondary N) is 1. The number of halogens is 1. The van der Waals surface area contributed by atoms with Crippen molar-refractivity contribution >= 4 is 23.4 Å². The Balaban J connectivity index is 1.52. The third kappa shape index (κ3) is 5.93. The Hall–Kier alpha value is -3.85. The minimum atomic E-state index is -0.487. The molecule has 0 aliphatic heterocycles. The number of hydrogen-bond acceptors (Lipinski definition) is 6. The minimum Gasteiger partial charge on any atom is -0.494 e. The summed E-state index contributed by atoms with van der Waals surface area (Å²) >= 11 is 1.20. The van der Waals surface area contributed by atoms with E-state index in [1.54, 1.807) is 12.1 Å². The van der Waals surface area contributed by atoms with Gasteiger partial charge in [0.1, 0.15) is 23.9 Å². The first kappa shape index (κ1) is 23.3. The van der Waals surface area contributed by atoms with Crippen molar-refractivity contribution in [1.82, 2.24) is 14.8 Å². The van der Waals surface area contributed by atoms with E-state index in [0.717, 1.165) is 11.4 Å². The zero-order valence-electron chi connectivity index (χ0n) is 18.5. The first-order chi connectivity index (χ1) is 16.6. The number of para-hydroxylation sites is 2. The molecule has 0 fully saturated rings.